The highest BCUT2D eigenvalue weighted by Gasteiger charge is 2.16. The first-order valence-corrected chi connectivity index (χ1v) is 14.2. The van der Waals surface area contributed by atoms with Crippen molar-refractivity contribution >= 4 is 37.6 Å². The molecule has 12 heteroatoms. The number of rotatable bonds is 7. The van der Waals surface area contributed by atoms with Crippen LogP contribution < -0.4 is 9.62 Å². The van der Waals surface area contributed by atoms with Crippen molar-refractivity contribution in [1.29, 1.82) is 0 Å². The number of aromatic amines is 2. The summed E-state index contributed by atoms with van der Waals surface area (Å²) in [5.74, 6) is -0.483. The van der Waals surface area contributed by atoms with Crippen LogP contribution in [0, 0.1) is 5.82 Å². The van der Waals surface area contributed by atoms with Gasteiger partial charge in [0.15, 0.2) is 5.65 Å². The number of anilines is 1. The first-order chi connectivity index (χ1) is 19.1. The maximum absolute atomic E-state index is 14.5. The van der Waals surface area contributed by atoms with Gasteiger partial charge in [0, 0.05) is 72.2 Å². The molecule has 0 atom stereocenters. The molecule has 10 nitrogen and oxygen atoms in total. The molecule has 0 aliphatic rings. The molecule has 40 heavy (non-hydrogen) atoms. The van der Waals surface area contributed by atoms with E-state index in [4.69, 9.17) is 0 Å². The summed E-state index contributed by atoms with van der Waals surface area (Å²) in [6, 6.07) is 12.3. The van der Waals surface area contributed by atoms with Gasteiger partial charge in [-0.05, 0) is 48.0 Å². The fraction of sp³-hybridized carbons (Fsp3) is 0.143. The fourth-order valence-electron chi connectivity index (χ4n) is 4.62. The molecule has 0 aliphatic carbocycles. The van der Waals surface area contributed by atoms with E-state index in [1.807, 2.05) is 37.2 Å². The second kappa shape index (κ2) is 9.81. The van der Waals surface area contributed by atoms with Crippen molar-refractivity contribution in [2.45, 2.75) is 6.54 Å². The van der Waals surface area contributed by atoms with E-state index in [9.17, 15) is 12.8 Å². The molecule has 5 heterocycles. The smallest absolute Gasteiger partial charge is 0.209 e. The van der Waals surface area contributed by atoms with E-state index >= 15 is 0 Å². The maximum Gasteiger partial charge on any atom is 0.209 e. The number of nitrogens with one attached hydrogen (secondary N) is 3. The molecular formula is C28H25FN8O2S. The van der Waals surface area contributed by atoms with Gasteiger partial charge in [-0.15, -0.1) is 0 Å². The summed E-state index contributed by atoms with van der Waals surface area (Å²) in [6.07, 6.45) is 8.09. The molecule has 0 unspecified atom stereocenters. The van der Waals surface area contributed by atoms with Gasteiger partial charge >= 0.3 is 0 Å². The minimum atomic E-state index is -3.43. The van der Waals surface area contributed by atoms with Crippen LogP contribution in [0.5, 0.6) is 0 Å². The molecule has 3 N–H and O–H groups in total. The monoisotopic (exact) mass is 556 g/mol. The quantitative estimate of drug-likeness (QED) is 0.264. The average molecular weight is 557 g/mol. The summed E-state index contributed by atoms with van der Waals surface area (Å²) in [4.78, 5) is 18.9. The Morgan fingerprint density at radius 2 is 1.77 bits per heavy atom. The van der Waals surface area contributed by atoms with Crippen LogP contribution in [0.4, 0.5) is 10.1 Å². The van der Waals surface area contributed by atoms with E-state index in [1.165, 1.54) is 12.1 Å². The number of aromatic nitrogens is 6. The van der Waals surface area contributed by atoms with E-state index in [0.717, 1.165) is 50.7 Å². The highest BCUT2D eigenvalue weighted by atomic mass is 32.2. The molecule has 0 fully saturated rings. The summed E-state index contributed by atoms with van der Waals surface area (Å²) in [5, 5.41) is 9.09. The standard InChI is InChI=1S/C28H25FN8O2S/c1-37(2)21-9-18(13-30-15-21)19-10-23-27(35-36-28(23)32-14-19)25-11-22-24(34-25)4-5-31-26(22)17-6-16(7-20(29)8-17)12-33-40(3,38)39/h4-11,13-15,33-34H,12H2,1-3H3,(H,32,35,36). The number of pyridine rings is 3. The van der Waals surface area contributed by atoms with Crippen molar-refractivity contribution in [3.05, 3.63) is 78.6 Å². The zero-order valence-corrected chi connectivity index (χ0v) is 22.7. The van der Waals surface area contributed by atoms with Gasteiger partial charge in [0.2, 0.25) is 10.0 Å². The first-order valence-electron chi connectivity index (χ1n) is 12.3. The van der Waals surface area contributed by atoms with Gasteiger partial charge in [-0.2, -0.15) is 5.10 Å². The maximum atomic E-state index is 14.5. The molecule has 5 aromatic heterocycles. The number of hydrogen-bond donors (Lipinski definition) is 3. The summed E-state index contributed by atoms with van der Waals surface area (Å²) < 4.78 is 40.0. The number of halogens is 1. The van der Waals surface area contributed by atoms with Crippen LogP contribution in [0.15, 0.2) is 67.3 Å². The highest BCUT2D eigenvalue weighted by Crippen LogP contribution is 2.34. The second-order valence-electron chi connectivity index (χ2n) is 9.77. The van der Waals surface area contributed by atoms with Gasteiger partial charge in [-0.25, -0.2) is 22.5 Å². The molecule has 0 aliphatic heterocycles. The van der Waals surface area contributed by atoms with Crippen LogP contribution in [-0.4, -0.2) is 58.9 Å². The van der Waals surface area contributed by atoms with Crippen molar-refractivity contribution in [3.63, 3.8) is 0 Å². The van der Waals surface area contributed by atoms with Crippen LogP contribution in [0.25, 0.3) is 55.7 Å². The molecule has 0 radical (unpaired) electrons. The topological polar surface area (TPSA) is 133 Å². The molecule has 0 spiro atoms. The van der Waals surface area contributed by atoms with Crippen LogP contribution in [0.1, 0.15) is 5.56 Å². The van der Waals surface area contributed by atoms with Crippen LogP contribution in [0.2, 0.25) is 0 Å². The Hall–Kier alpha value is -4.68. The zero-order chi connectivity index (χ0) is 28.0. The van der Waals surface area contributed by atoms with E-state index in [0.29, 0.717) is 22.5 Å². The van der Waals surface area contributed by atoms with Crippen molar-refractivity contribution in [1.82, 2.24) is 34.9 Å². The molecule has 0 amide bonds. The molecule has 0 saturated carbocycles. The van der Waals surface area contributed by atoms with Crippen molar-refractivity contribution < 1.29 is 12.8 Å². The van der Waals surface area contributed by atoms with Gasteiger partial charge in [-0.1, -0.05) is 0 Å². The lowest BCUT2D eigenvalue weighted by Gasteiger charge is -2.12. The van der Waals surface area contributed by atoms with Gasteiger partial charge < -0.3 is 9.88 Å². The lowest BCUT2D eigenvalue weighted by atomic mass is 10.0. The van der Waals surface area contributed by atoms with Gasteiger partial charge in [0.05, 0.1) is 35.2 Å². The summed E-state index contributed by atoms with van der Waals surface area (Å²) >= 11 is 0. The normalized spacial score (nSPS) is 11.9. The zero-order valence-electron chi connectivity index (χ0n) is 21.9. The average Bonchev–Trinajstić information content (AvgIpc) is 3.55. The molecule has 0 saturated heterocycles. The van der Waals surface area contributed by atoms with Crippen LogP contribution in [-0.2, 0) is 16.6 Å². The van der Waals surface area contributed by atoms with Crippen LogP contribution in [0.3, 0.4) is 0 Å². The minimum Gasteiger partial charge on any atom is -0.376 e. The lowest BCUT2D eigenvalue weighted by molar-refractivity contribution is 0.586. The summed E-state index contributed by atoms with van der Waals surface area (Å²) in [7, 11) is 0.503. The fourth-order valence-corrected chi connectivity index (χ4v) is 5.04. The molecule has 0 bridgehead atoms. The van der Waals surface area contributed by atoms with Crippen LogP contribution >= 0.6 is 0 Å². The SMILES string of the molecule is CN(C)c1cncc(-c2cnc3n[nH]c(-c4cc5c(-c6cc(F)cc(CNS(C)(=O)=O)c6)nccc5[nH]4)c3c2)c1. The van der Waals surface area contributed by atoms with Crippen molar-refractivity contribution in [2.24, 2.45) is 0 Å². The Bertz CT molecular complexity index is 2000. The molecule has 6 rings (SSSR count). The third-order valence-electron chi connectivity index (χ3n) is 6.57. The highest BCUT2D eigenvalue weighted by molar-refractivity contribution is 7.88. The number of H-pyrrole nitrogens is 2. The number of sulfonamides is 1. The van der Waals surface area contributed by atoms with Gasteiger partial charge in [0.1, 0.15) is 5.82 Å². The Balaban J connectivity index is 1.42. The number of benzene rings is 1. The Labute approximate surface area is 229 Å². The Morgan fingerprint density at radius 3 is 2.58 bits per heavy atom. The minimum absolute atomic E-state index is 0.0274. The molecular weight excluding hydrogens is 531 g/mol. The van der Waals surface area contributed by atoms with Crippen molar-refractivity contribution in [2.75, 3.05) is 25.3 Å². The number of fused-ring (bicyclic) bond motifs is 2. The third-order valence-corrected chi connectivity index (χ3v) is 7.24. The molecule has 202 valence electrons. The third kappa shape index (κ3) is 5.01. The van der Waals surface area contributed by atoms with Gasteiger partial charge in [0.25, 0.3) is 0 Å². The number of nitrogens with zero attached hydrogens (tertiary/aromatic N) is 5. The number of hydrogen-bond acceptors (Lipinski definition) is 7. The molecule has 6 aromatic rings. The lowest BCUT2D eigenvalue weighted by Crippen LogP contribution is -2.21. The predicted octanol–water partition coefficient (Wildman–Crippen LogP) is 4.48. The van der Waals surface area contributed by atoms with E-state index in [2.05, 4.69) is 40.9 Å². The summed E-state index contributed by atoms with van der Waals surface area (Å²) in [5.41, 5.74) is 7.29. The second-order valence-corrected chi connectivity index (χ2v) is 11.6. The first kappa shape index (κ1) is 25.6. The summed E-state index contributed by atoms with van der Waals surface area (Å²) in [6.45, 7) is -0.0274. The predicted molar refractivity (Wildman–Crippen MR) is 154 cm³/mol. The van der Waals surface area contributed by atoms with E-state index in [1.54, 1.807) is 30.9 Å². The van der Waals surface area contributed by atoms with E-state index < -0.39 is 15.8 Å². The van der Waals surface area contributed by atoms with Crippen molar-refractivity contribution in [3.8, 4) is 33.8 Å². The molecule has 1 aromatic carbocycles. The van der Waals surface area contributed by atoms with Gasteiger partial charge in [-0.3, -0.25) is 15.1 Å². The largest absolute Gasteiger partial charge is 0.376 e. The Kier molecular flexibility index (Phi) is 6.28. The van der Waals surface area contributed by atoms with E-state index in [-0.39, 0.29) is 6.54 Å². The Morgan fingerprint density at radius 1 is 0.950 bits per heavy atom.